The fourth-order valence-corrected chi connectivity index (χ4v) is 5.36. The first-order valence-electron chi connectivity index (χ1n) is 12.1. The molecule has 35 heavy (non-hydrogen) atoms. The number of carbonyl (C=O) groups is 1. The minimum absolute atomic E-state index is 0.121. The number of hydrogen-bond acceptors (Lipinski definition) is 8. The third kappa shape index (κ3) is 5.67. The summed E-state index contributed by atoms with van der Waals surface area (Å²) in [5, 5.41) is 2.91. The van der Waals surface area contributed by atoms with Gasteiger partial charge in [0.25, 0.3) is 5.91 Å². The molecule has 4 heterocycles. The van der Waals surface area contributed by atoms with E-state index in [1.165, 1.54) is 18.9 Å². The van der Waals surface area contributed by atoms with E-state index in [1.807, 2.05) is 19.1 Å². The topological polar surface area (TPSA) is 117 Å². The molecule has 0 bridgehead atoms. The highest BCUT2D eigenvalue weighted by Crippen LogP contribution is 2.54. The average molecular weight is 501 g/mol. The summed E-state index contributed by atoms with van der Waals surface area (Å²) in [5.74, 6) is 1.60. The summed E-state index contributed by atoms with van der Waals surface area (Å²) < 4.78 is 31.6. The lowest BCUT2D eigenvalue weighted by Crippen LogP contribution is -2.41. The normalized spacial score (nSPS) is 21.6. The van der Waals surface area contributed by atoms with Crippen molar-refractivity contribution in [3.05, 3.63) is 35.9 Å². The van der Waals surface area contributed by atoms with Crippen LogP contribution in [0.2, 0.25) is 0 Å². The van der Waals surface area contributed by atoms with Crippen molar-refractivity contribution in [1.82, 2.24) is 9.97 Å². The number of morpholine rings is 1. The molecule has 1 unspecified atom stereocenters. The number of aromatic nitrogens is 2. The molecule has 2 aliphatic heterocycles. The van der Waals surface area contributed by atoms with Gasteiger partial charge in [0.1, 0.15) is 23.3 Å². The Balaban J connectivity index is 1.38. The van der Waals surface area contributed by atoms with Gasteiger partial charge in [0, 0.05) is 26.2 Å². The first-order chi connectivity index (χ1) is 16.7. The van der Waals surface area contributed by atoms with Gasteiger partial charge in [-0.3, -0.25) is 9.52 Å². The number of anilines is 4. The number of amides is 1. The predicted molar refractivity (Wildman–Crippen MR) is 136 cm³/mol. The highest BCUT2D eigenvalue weighted by atomic mass is 32.2. The molecule has 1 saturated carbocycles. The number of hydrogen-bond donors (Lipinski definition) is 2. The van der Waals surface area contributed by atoms with Gasteiger partial charge in [-0.2, -0.15) is 0 Å². The van der Waals surface area contributed by atoms with Crippen LogP contribution in [0.3, 0.4) is 0 Å². The maximum absolute atomic E-state index is 13.4. The van der Waals surface area contributed by atoms with Crippen molar-refractivity contribution in [2.24, 2.45) is 5.41 Å². The summed E-state index contributed by atoms with van der Waals surface area (Å²) in [6, 6.07) is 8.70. The molecule has 5 rings (SSSR count). The van der Waals surface area contributed by atoms with Crippen LogP contribution in [0.4, 0.5) is 23.3 Å². The lowest BCUT2D eigenvalue weighted by Gasteiger charge is -2.34. The van der Waals surface area contributed by atoms with Gasteiger partial charge in [0.15, 0.2) is 0 Å². The quantitative estimate of drug-likeness (QED) is 0.622. The van der Waals surface area contributed by atoms with Crippen LogP contribution in [0.1, 0.15) is 43.0 Å². The summed E-state index contributed by atoms with van der Waals surface area (Å²) in [6.45, 7) is 5.73. The van der Waals surface area contributed by atoms with E-state index in [1.54, 1.807) is 12.1 Å². The van der Waals surface area contributed by atoms with Crippen molar-refractivity contribution in [1.29, 1.82) is 0 Å². The smallest absolute Gasteiger partial charge is 0.260 e. The van der Waals surface area contributed by atoms with Gasteiger partial charge in [-0.05, 0) is 62.3 Å². The SMILES string of the molecule is CC1CN(c2cccc(NC(=O)c3ccc(NS(C)(=O)=O)nc3N3CCC4(CC3)CC4)n2)CCO1. The largest absolute Gasteiger partial charge is 0.375 e. The van der Waals surface area contributed by atoms with E-state index >= 15 is 0 Å². The van der Waals surface area contributed by atoms with Gasteiger partial charge in [-0.15, -0.1) is 0 Å². The molecule has 3 aliphatic rings. The molecule has 1 amide bonds. The van der Waals surface area contributed by atoms with Gasteiger partial charge in [0.05, 0.1) is 24.5 Å². The van der Waals surface area contributed by atoms with E-state index in [0.29, 0.717) is 29.2 Å². The maximum Gasteiger partial charge on any atom is 0.260 e. The Morgan fingerprint density at radius 3 is 2.49 bits per heavy atom. The second-order valence-electron chi connectivity index (χ2n) is 9.89. The minimum Gasteiger partial charge on any atom is -0.375 e. The molecule has 2 N–H and O–H groups in total. The second kappa shape index (κ2) is 9.27. The molecule has 1 spiro atoms. The molecule has 3 fully saturated rings. The molecular formula is C24H32N6O4S. The molecule has 1 aliphatic carbocycles. The van der Waals surface area contributed by atoms with Crippen LogP contribution in [0.15, 0.2) is 30.3 Å². The van der Waals surface area contributed by atoms with E-state index < -0.39 is 10.0 Å². The van der Waals surface area contributed by atoms with Crippen LogP contribution >= 0.6 is 0 Å². The van der Waals surface area contributed by atoms with Crippen LogP contribution in [0.5, 0.6) is 0 Å². The zero-order chi connectivity index (χ0) is 24.6. The second-order valence-corrected chi connectivity index (χ2v) is 11.6. The van der Waals surface area contributed by atoms with Gasteiger partial charge in [0.2, 0.25) is 10.0 Å². The monoisotopic (exact) mass is 500 g/mol. The molecule has 10 nitrogen and oxygen atoms in total. The van der Waals surface area contributed by atoms with Gasteiger partial charge in [-0.1, -0.05) is 6.07 Å². The summed E-state index contributed by atoms with van der Waals surface area (Å²) in [4.78, 5) is 26.8. The molecule has 11 heteroatoms. The Morgan fingerprint density at radius 2 is 1.80 bits per heavy atom. The lowest BCUT2D eigenvalue weighted by molar-refractivity contribution is 0.0529. The third-order valence-electron chi connectivity index (χ3n) is 7.03. The van der Waals surface area contributed by atoms with E-state index in [4.69, 9.17) is 4.74 Å². The summed E-state index contributed by atoms with van der Waals surface area (Å²) in [6.07, 6.45) is 5.85. The van der Waals surface area contributed by atoms with Crippen molar-refractivity contribution in [2.75, 3.05) is 58.9 Å². The molecule has 188 valence electrons. The van der Waals surface area contributed by atoms with Crippen molar-refractivity contribution in [3.8, 4) is 0 Å². The number of nitrogens with zero attached hydrogens (tertiary/aromatic N) is 4. The van der Waals surface area contributed by atoms with E-state index in [-0.39, 0.29) is 17.8 Å². The molecule has 2 saturated heterocycles. The Bertz CT molecular complexity index is 1210. The van der Waals surface area contributed by atoms with E-state index in [2.05, 4.69) is 29.8 Å². The number of pyridine rings is 2. The Hall–Kier alpha value is -2.92. The summed E-state index contributed by atoms with van der Waals surface area (Å²) >= 11 is 0. The average Bonchev–Trinajstić information content (AvgIpc) is 3.57. The van der Waals surface area contributed by atoms with Crippen molar-refractivity contribution in [3.63, 3.8) is 0 Å². The number of rotatable bonds is 6. The van der Waals surface area contributed by atoms with Crippen LogP contribution < -0.4 is 19.8 Å². The molecule has 2 aromatic rings. The van der Waals surface area contributed by atoms with Gasteiger partial charge < -0.3 is 19.9 Å². The number of nitrogens with one attached hydrogen (secondary N) is 2. The highest BCUT2D eigenvalue weighted by Gasteiger charge is 2.45. The number of sulfonamides is 1. The minimum atomic E-state index is -3.49. The molecular weight excluding hydrogens is 468 g/mol. The van der Waals surface area contributed by atoms with Crippen LogP contribution in [0.25, 0.3) is 0 Å². The Morgan fingerprint density at radius 1 is 1.03 bits per heavy atom. The van der Waals surface area contributed by atoms with E-state index in [0.717, 1.165) is 51.1 Å². The van der Waals surface area contributed by atoms with Crippen molar-refractivity contribution < 1.29 is 17.9 Å². The zero-order valence-corrected chi connectivity index (χ0v) is 21.0. The van der Waals surface area contributed by atoms with Crippen LogP contribution in [-0.2, 0) is 14.8 Å². The van der Waals surface area contributed by atoms with Crippen LogP contribution in [0, 0.1) is 5.41 Å². The fourth-order valence-electron chi connectivity index (χ4n) is 4.86. The predicted octanol–water partition coefficient (Wildman–Crippen LogP) is 2.71. The maximum atomic E-state index is 13.4. The summed E-state index contributed by atoms with van der Waals surface area (Å²) in [7, 11) is -3.49. The lowest BCUT2D eigenvalue weighted by atomic mass is 9.93. The van der Waals surface area contributed by atoms with Crippen molar-refractivity contribution in [2.45, 2.75) is 38.7 Å². The van der Waals surface area contributed by atoms with Crippen molar-refractivity contribution >= 4 is 39.2 Å². The standard InChI is InChI=1S/C24H32N6O4S/c1-17-16-30(14-15-34-17)21-5-3-4-19(25-21)27-23(31)18-6-7-20(28-35(2,32)33)26-22(18)29-12-10-24(8-9-24)11-13-29/h3-7,17H,8-16H2,1-2H3,(H,26,28)(H,25,27,31). The Kier molecular flexibility index (Phi) is 6.30. The Labute approximate surface area is 206 Å². The molecule has 1 atom stereocenters. The molecule has 0 aromatic carbocycles. The summed E-state index contributed by atoms with van der Waals surface area (Å²) in [5.41, 5.74) is 0.853. The fraction of sp³-hybridized carbons (Fsp3) is 0.542. The third-order valence-corrected chi connectivity index (χ3v) is 7.61. The van der Waals surface area contributed by atoms with Gasteiger partial charge in [-0.25, -0.2) is 18.4 Å². The van der Waals surface area contributed by atoms with Gasteiger partial charge >= 0.3 is 0 Å². The number of piperidine rings is 1. The molecule has 0 radical (unpaired) electrons. The first-order valence-corrected chi connectivity index (χ1v) is 14.0. The molecule has 2 aromatic heterocycles. The van der Waals surface area contributed by atoms with E-state index in [9.17, 15) is 13.2 Å². The number of carbonyl (C=O) groups excluding carboxylic acids is 1. The zero-order valence-electron chi connectivity index (χ0n) is 20.2. The highest BCUT2D eigenvalue weighted by molar-refractivity contribution is 7.92. The number of ether oxygens (including phenoxy) is 1. The van der Waals surface area contributed by atoms with Crippen LogP contribution in [-0.4, -0.2) is 69.4 Å². The first kappa shape index (κ1) is 23.8.